The summed E-state index contributed by atoms with van der Waals surface area (Å²) in [5.74, 6) is -0.0841. The van der Waals surface area contributed by atoms with Gasteiger partial charge < -0.3 is 24.4 Å². The Labute approximate surface area is 247 Å². The van der Waals surface area contributed by atoms with Crippen molar-refractivity contribution in [3.63, 3.8) is 0 Å². The Morgan fingerprint density at radius 3 is 2.64 bits per heavy atom. The zero-order chi connectivity index (χ0) is 30.7. The van der Waals surface area contributed by atoms with Gasteiger partial charge in [-0.2, -0.15) is 5.09 Å². The molecule has 13 nitrogen and oxygen atoms in total. The molecule has 0 radical (unpaired) electrons. The van der Waals surface area contributed by atoms with Gasteiger partial charge in [-0.05, 0) is 46.8 Å². The minimum absolute atomic E-state index is 0.170. The van der Waals surface area contributed by atoms with Gasteiger partial charge >= 0.3 is 13.7 Å². The molecule has 1 aliphatic heterocycles. The minimum atomic E-state index is -4.36. The van der Waals surface area contributed by atoms with E-state index in [1.807, 2.05) is 6.92 Å². The number of halogens is 2. The second-order valence-corrected chi connectivity index (χ2v) is 12.0. The molecule has 1 aromatic carbocycles. The normalized spacial score (nSPS) is 24.5. The van der Waals surface area contributed by atoms with Gasteiger partial charge in [0.25, 0.3) is 0 Å². The molecule has 2 aromatic heterocycles. The number of aliphatic hydroxyl groups is 1. The van der Waals surface area contributed by atoms with Gasteiger partial charge in [0.15, 0.2) is 29.4 Å². The van der Waals surface area contributed by atoms with Gasteiger partial charge in [-0.3, -0.25) is 13.9 Å². The number of aromatic nitrogens is 4. The summed E-state index contributed by atoms with van der Waals surface area (Å²) in [6.45, 7) is 8.26. The Kier molecular flexibility index (Phi) is 10.1. The number of carbonyl (C=O) groups excluding carboxylic acids is 1. The number of nitrogens with zero attached hydrogens (tertiary/aromatic N) is 4. The Morgan fingerprint density at radius 2 is 2.00 bits per heavy atom. The number of para-hydroxylation sites is 1. The number of fused-ring (bicyclic) bond motifs is 1. The van der Waals surface area contributed by atoms with Gasteiger partial charge in [0.2, 0.25) is 0 Å². The van der Waals surface area contributed by atoms with Gasteiger partial charge in [0.1, 0.15) is 29.3 Å². The van der Waals surface area contributed by atoms with E-state index in [-0.39, 0.29) is 11.4 Å². The lowest BCUT2D eigenvalue weighted by Gasteiger charge is -2.31. The zero-order valence-corrected chi connectivity index (χ0v) is 25.5. The van der Waals surface area contributed by atoms with Crippen LogP contribution >= 0.6 is 19.3 Å². The molecule has 230 valence electrons. The maximum Gasteiger partial charge on any atom is 0.459 e. The number of rotatable bonds is 13. The summed E-state index contributed by atoms with van der Waals surface area (Å²) in [6.07, 6.45) is -4.29. The molecule has 0 saturated carbocycles. The predicted molar refractivity (Wildman–Crippen MR) is 153 cm³/mol. The molecule has 3 aromatic rings. The standard InChI is InChI=1S/C26H35ClFN6O7P/c1-6-29-22-20-23(32-17(5)31-22)34(14-30-20)24-19(28)21(35)26(12-27,40-24)13-38-42(37,41-18-10-8-7-9-11-18)33-16(4)25(36)39-15(2)3/h7-11,14-16,19,21,24,35H,6,12-13H2,1-5H3,(H,33,37)(H,29,31,32)/t16-,19-,21-,24+,26+,42-/m0/s1. The van der Waals surface area contributed by atoms with Crippen LogP contribution in [-0.4, -0.2) is 79.6 Å². The van der Waals surface area contributed by atoms with Crippen LogP contribution in [0.25, 0.3) is 11.2 Å². The predicted octanol–water partition coefficient (Wildman–Crippen LogP) is 3.91. The molecule has 3 N–H and O–H groups in total. The monoisotopic (exact) mass is 628 g/mol. The van der Waals surface area contributed by atoms with Gasteiger partial charge in [0, 0.05) is 6.54 Å². The molecule has 3 heterocycles. The van der Waals surface area contributed by atoms with Crippen LogP contribution in [0.5, 0.6) is 5.75 Å². The number of carbonyl (C=O) groups is 1. The highest BCUT2D eigenvalue weighted by Gasteiger charge is 2.57. The summed E-state index contributed by atoms with van der Waals surface area (Å²) in [5, 5.41) is 16.7. The van der Waals surface area contributed by atoms with Crippen LogP contribution in [0.3, 0.4) is 0 Å². The molecule has 42 heavy (non-hydrogen) atoms. The molecule has 6 atom stereocenters. The molecular weight excluding hydrogens is 594 g/mol. The van der Waals surface area contributed by atoms with Crippen molar-refractivity contribution in [2.75, 3.05) is 24.3 Å². The van der Waals surface area contributed by atoms with Crippen LogP contribution in [0, 0.1) is 6.92 Å². The number of esters is 1. The molecule has 1 saturated heterocycles. The number of aryl methyl sites for hydroxylation is 1. The Morgan fingerprint density at radius 1 is 1.29 bits per heavy atom. The second-order valence-electron chi connectivity index (χ2n) is 10.1. The van der Waals surface area contributed by atoms with Crippen molar-refractivity contribution in [2.24, 2.45) is 0 Å². The number of nitrogens with one attached hydrogen (secondary N) is 2. The Bertz CT molecular complexity index is 1430. The van der Waals surface area contributed by atoms with Crippen LogP contribution in [0.2, 0.25) is 0 Å². The van der Waals surface area contributed by atoms with E-state index in [1.165, 1.54) is 30.0 Å². The first-order chi connectivity index (χ1) is 19.9. The summed E-state index contributed by atoms with van der Waals surface area (Å²) >= 11 is 6.25. The fourth-order valence-electron chi connectivity index (χ4n) is 4.33. The van der Waals surface area contributed by atoms with Crippen molar-refractivity contribution in [1.82, 2.24) is 24.6 Å². The van der Waals surface area contributed by atoms with Crippen molar-refractivity contribution in [3.05, 3.63) is 42.5 Å². The van der Waals surface area contributed by atoms with E-state index in [0.717, 1.165) is 0 Å². The first-order valence-corrected chi connectivity index (χ1v) is 15.5. The van der Waals surface area contributed by atoms with Crippen molar-refractivity contribution in [2.45, 2.75) is 70.9 Å². The lowest BCUT2D eigenvalue weighted by Crippen LogP contribution is -2.48. The van der Waals surface area contributed by atoms with E-state index in [1.54, 1.807) is 39.0 Å². The van der Waals surface area contributed by atoms with Crippen LogP contribution in [-0.2, 0) is 23.4 Å². The number of alkyl halides is 2. The molecule has 16 heteroatoms. The topological polar surface area (TPSA) is 159 Å². The van der Waals surface area contributed by atoms with Crippen molar-refractivity contribution < 1.29 is 37.4 Å². The summed E-state index contributed by atoms with van der Waals surface area (Å²) < 4.78 is 53.6. The highest BCUT2D eigenvalue weighted by Crippen LogP contribution is 2.49. The molecule has 0 amide bonds. The van der Waals surface area contributed by atoms with Crippen LogP contribution in [0.15, 0.2) is 36.7 Å². The molecular formula is C26H35ClFN6O7P. The highest BCUT2D eigenvalue weighted by molar-refractivity contribution is 7.52. The van der Waals surface area contributed by atoms with Crippen LogP contribution < -0.4 is 14.9 Å². The zero-order valence-electron chi connectivity index (χ0n) is 23.9. The average molecular weight is 629 g/mol. The van der Waals surface area contributed by atoms with Gasteiger partial charge in [-0.25, -0.2) is 23.9 Å². The summed E-state index contributed by atoms with van der Waals surface area (Å²) in [5.41, 5.74) is -1.20. The molecule has 1 fully saturated rings. The molecule has 0 bridgehead atoms. The number of anilines is 1. The average Bonchev–Trinajstić information content (AvgIpc) is 3.46. The summed E-state index contributed by atoms with van der Waals surface area (Å²) in [7, 11) is -4.36. The second kappa shape index (κ2) is 13.2. The maximum atomic E-state index is 15.7. The van der Waals surface area contributed by atoms with Gasteiger partial charge in [-0.15, -0.1) is 11.6 Å². The first kappa shape index (κ1) is 32.1. The number of hydrogen-bond acceptors (Lipinski definition) is 11. The van der Waals surface area contributed by atoms with E-state index >= 15 is 4.39 Å². The van der Waals surface area contributed by atoms with Gasteiger partial charge in [-0.1, -0.05) is 18.2 Å². The molecule has 0 unspecified atom stereocenters. The maximum absolute atomic E-state index is 15.7. The van der Waals surface area contributed by atoms with E-state index in [9.17, 15) is 14.5 Å². The van der Waals surface area contributed by atoms with Crippen molar-refractivity contribution >= 4 is 42.3 Å². The van der Waals surface area contributed by atoms with Crippen LogP contribution in [0.1, 0.15) is 39.7 Å². The Balaban J connectivity index is 1.61. The number of benzene rings is 1. The molecule has 0 aliphatic carbocycles. The van der Waals surface area contributed by atoms with Crippen molar-refractivity contribution in [3.8, 4) is 5.75 Å². The van der Waals surface area contributed by atoms with Crippen LogP contribution in [0.4, 0.5) is 10.2 Å². The summed E-state index contributed by atoms with van der Waals surface area (Å²) in [4.78, 5) is 25.5. The largest absolute Gasteiger partial charge is 0.462 e. The lowest BCUT2D eigenvalue weighted by atomic mass is 9.99. The summed E-state index contributed by atoms with van der Waals surface area (Å²) in [6, 6.07) is 7.00. The van der Waals surface area contributed by atoms with E-state index in [0.29, 0.717) is 23.7 Å². The smallest absolute Gasteiger partial charge is 0.459 e. The molecule has 0 spiro atoms. The highest BCUT2D eigenvalue weighted by atomic mass is 35.5. The quantitative estimate of drug-likeness (QED) is 0.143. The van der Waals surface area contributed by atoms with E-state index < -0.39 is 62.5 Å². The fourth-order valence-corrected chi connectivity index (χ4v) is 6.18. The third-order valence-electron chi connectivity index (χ3n) is 6.35. The third-order valence-corrected chi connectivity index (χ3v) is 8.43. The number of aliphatic hydroxyl groups excluding tert-OH is 1. The first-order valence-electron chi connectivity index (χ1n) is 13.4. The van der Waals surface area contributed by atoms with E-state index in [2.05, 4.69) is 25.4 Å². The van der Waals surface area contributed by atoms with Gasteiger partial charge in [0.05, 0.1) is 24.9 Å². The molecule has 1 aliphatic rings. The SMILES string of the molecule is CCNc1nc(C)nc2c1ncn2[C@@H]1O[C@](CCl)(CO[P@@](=O)(N[C@@H](C)C(=O)OC(C)C)Oc2ccccc2)[C@@H](O)[C@@H]1F. The Hall–Kier alpha value is -2.87. The minimum Gasteiger partial charge on any atom is -0.462 e. The lowest BCUT2D eigenvalue weighted by molar-refractivity contribution is -0.149. The van der Waals surface area contributed by atoms with E-state index in [4.69, 9.17) is 30.1 Å². The third kappa shape index (κ3) is 6.85. The fraction of sp³-hybridized carbons (Fsp3) is 0.538. The molecule has 4 rings (SSSR count). The number of hydrogen-bond donors (Lipinski definition) is 3. The number of ether oxygens (including phenoxy) is 2. The number of imidazole rings is 1. The van der Waals surface area contributed by atoms with Crippen molar-refractivity contribution in [1.29, 1.82) is 0 Å².